The Morgan fingerprint density at radius 3 is 2.57 bits per heavy atom. The molecule has 0 aliphatic heterocycles. The fourth-order valence-electron chi connectivity index (χ4n) is 3.78. The third kappa shape index (κ3) is 4.01. The summed E-state index contributed by atoms with van der Waals surface area (Å²) in [6, 6.07) is 14.4. The van der Waals surface area contributed by atoms with Crippen molar-refractivity contribution in [3.63, 3.8) is 0 Å². The van der Waals surface area contributed by atoms with Crippen molar-refractivity contribution in [3.8, 4) is 28.3 Å². The number of rotatable bonds is 8. The summed E-state index contributed by atoms with van der Waals surface area (Å²) in [5.74, 6) is -0.682. The van der Waals surface area contributed by atoms with Crippen LogP contribution in [-0.2, 0) is 12.0 Å². The highest BCUT2D eigenvalue weighted by molar-refractivity contribution is 5.89. The van der Waals surface area contributed by atoms with Gasteiger partial charge < -0.3 is 10.2 Å². The average molecular weight is 405 g/mol. The first kappa shape index (κ1) is 21.4. The Balaban J connectivity index is 2.10. The number of aromatic hydroxyl groups is 1. The molecule has 5 heteroatoms. The molecule has 0 saturated carbocycles. The molecule has 0 spiro atoms. The number of allylic oxidation sites excluding steroid dienone is 1. The lowest BCUT2D eigenvalue weighted by atomic mass is 9.76. The molecule has 5 nitrogen and oxygen atoms in total. The van der Waals surface area contributed by atoms with Crippen LogP contribution in [0.3, 0.4) is 0 Å². The molecule has 1 heterocycles. The van der Waals surface area contributed by atoms with Crippen LogP contribution in [-0.4, -0.2) is 26.0 Å². The number of phenolic OH excluding ortho intramolecular Hbond substituents is 1. The minimum absolute atomic E-state index is 0.214. The number of phenols is 1. The first-order valence-corrected chi connectivity index (χ1v) is 10.2. The highest BCUT2D eigenvalue weighted by atomic mass is 16.4. The maximum Gasteiger partial charge on any atom is 0.335 e. The summed E-state index contributed by atoms with van der Waals surface area (Å²) in [6.07, 6.45) is 3.51. The number of nitrogens with zero attached hydrogens (tertiary/aromatic N) is 2. The average Bonchev–Trinajstić information content (AvgIpc) is 3.18. The van der Waals surface area contributed by atoms with Gasteiger partial charge in [-0.3, -0.25) is 4.68 Å². The van der Waals surface area contributed by atoms with Crippen LogP contribution in [0.4, 0.5) is 0 Å². The van der Waals surface area contributed by atoms with E-state index in [4.69, 9.17) is 5.10 Å². The van der Waals surface area contributed by atoms with E-state index in [1.807, 2.05) is 41.9 Å². The van der Waals surface area contributed by atoms with Crippen molar-refractivity contribution in [2.75, 3.05) is 0 Å². The van der Waals surface area contributed by atoms with Crippen LogP contribution >= 0.6 is 0 Å². The molecule has 0 bridgehead atoms. The summed E-state index contributed by atoms with van der Waals surface area (Å²) >= 11 is 0. The number of benzene rings is 2. The van der Waals surface area contributed by atoms with Gasteiger partial charge in [0.25, 0.3) is 0 Å². The van der Waals surface area contributed by atoms with Gasteiger partial charge in [-0.15, -0.1) is 6.58 Å². The van der Waals surface area contributed by atoms with Crippen LogP contribution in [0.5, 0.6) is 5.75 Å². The Bertz CT molecular complexity index is 1080. The molecule has 0 amide bonds. The smallest absolute Gasteiger partial charge is 0.335 e. The molecular formula is C25H28N2O3. The van der Waals surface area contributed by atoms with Gasteiger partial charge in [0.15, 0.2) is 0 Å². The lowest BCUT2D eigenvalue weighted by Crippen LogP contribution is -2.20. The minimum atomic E-state index is -0.955. The van der Waals surface area contributed by atoms with E-state index in [9.17, 15) is 15.0 Å². The van der Waals surface area contributed by atoms with Crippen molar-refractivity contribution in [1.29, 1.82) is 0 Å². The molecule has 1 aromatic heterocycles. The molecule has 30 heavy (non-hydrogen) atoms. The molecule has 2 aromatic carbocycles. The van der Waals surface area contributed by atoms with Crippen LogP contribution in [0, 0.1) is 0 Å². The number of carboxylic acid groups (broad SMARTS) is 1. The van der Waals surface area contributed by atoms with E-state index in [2.05, 4.69) is 20.4 Å². The number of aryl methyl sites for hydroxylation is 1. The van der Waals surface area contributed by atoms with Crippen molar-refractivity contribution >= 4 is 5.97 Å². The number of hydrogen-bond acceptors (Lipinski definition) is 3. The van der Waals surface area contributed by atoms with Crippen molar-refractivity contribution in [3.05, 3.63) is 72.3 Å². The Kier molecular flexibility index (Phi) is 6.11. The van der Waals surface area contributed by atoms with E-state index in [0.29, 0.717) is 6.54 Å². The summed E-state index contributed by atoms with van der Waals surface area (Å²) in [5.41, 5.74) is 4.26. The molecule has 0 radical (unpaired) electrons. The Labute approximate surface area is 177 Å². The predicted molar refractivity (Wildman–Crippen MR) is 120 cm³/mol. The molecule has 3 aromatic rings. The second-order valence-electron chi connectivity index (χ2n) is 7.76. The molecule has 156 valence electrons. The van der Waals surface area contributed by atoms with Gasteiger partial charge in [0, 0.05) is 23.2 Å². The Morgan fingerprint density at radius 2 is 1.93 bits per heavy atom. The molecular weight excluding hydrogens is 376 g/mol. The summed E-state index contributed by atoms with van der Waals surface area (Å²) in [4.78, 5) is 11.4. The van der Waals surface area contributed by atoms with Gasteiger partial charge in [0.05, 0.1) is 17.0 Å². The third-order valence-corrected chi connectivity index (χ3v) is 5.80. The lowest BCUT2D eigenvalue weighted by Gasteiger charge is -2.28. The molecule has 3 rings (SSSR count). The molecule has 0 aliphatic carbocycles. The van der Waals surface area contributed by atoms with E-state index in [0.717, 1.165) is 40.9 Å². The molecule has 2 N–H and O–H groups in total. The van der Waals surface area contributed by atoms with Gasteiger partial charge in [-0.25, -0.2) is 4.79 Å². The van der Waals surface area contributed by atoms with E-state index in [1.54, 1.807) is 24.3 Å². The molecule has 0 fully saturated rings. The second-order valence-corrected chi connectivity index (χ2v) is 7.76. The highest BCUT2D eigenvalue weighted by Crippen LogP contribution is 2.39. The van der Waals surface area contributed by atoms with E-state index < -0.39 is 5.97 Å². The fourth-order valence-corrected chi connectivity index (χ4v) is 3.78. The highest BCUT2D eigenvalue weighted by Gasteiger charge is 2.27. The number of hydrogen-bond donors (Lipinski definition) is 2. The SMILES string of the molecule is C=CCC(C)(CC)c1cc(-c2cc(-c3cccc(C(=O)O)c3)n(CC)n2)ccc1O. The van der Waals surface area contributed by atoms with Crippen molar-refractivity contribution < 1.29 is 15.0 Å². The van der Waals surface area contributed by atoms with Crippen molar-refractivity contribution in [1.82, 2.24) is 9.78 Å². The number of aromatic carboxylic acids is 1. The third-order valence-electron chi connectivity index (χ3n) is 5.80. The zero-order valence-electron chi connectivity index (χ0n) is 17.7. The maximum atomic E-state index is 11.4. The molecule has 1 atom stereocenters. The predicted octanol–water partition coefficient (Wildman–Crippen LogP) is 5.88. The van der Waals surface area contributed by atoms with Gasteiger partial charge in [-0.1, -0.05) is 32.1 Å². The van der Waals surface area contributed by atoms with Gasteiger partial charge >= 0.3 is 5.97 Å². The Hall–Kier alpha value is -3.34. The van der Waals surface area contributed by atoms with Crippen LogP contribution in [0.1, 0.15) is 49.5 Å². The van der Waals surface area contributed by atoms with Gasteiger partial charge in [-0.2, -0.15) is 5.10 Å². The quantitative estimate of drug-likeness (QED) is 0.459. The van der Waals surface area contributed by atoms with Gasteiger partial charge in [0.2, 0.25) is 0 Å². The molecule has 1 unspecified atom stereocenters. The van der Waals surface area contributed by atoms with Crippen molar-refractivity contribution in [2.24, 2.45) is 0 Å². The fraction of sp³-hybridized carbons (Fsp3) is 0.280. The zero-order chi connectivity index (χ0) is 21.9. The summed E-state index contributed by atoms with van der Waals surface area (Å²) in [6.45, 7) is 10.8. The standard InChI is InChI=1S/C25H28N2O3/c1-5-13-25(4,6-2)20-15-17(11-12-23(20)28)21-16-22(27(7-3)26-21)18-9-8-10-19(14-18)24(29)30/h5,8-12,14-16,28H,1,6-7,13H2,2-4H3,(H,29,30). The van der Waals surface area contributed by atoms with Crippen LogP contribution in [0.2, 0.25) is 0 Å². The number of carboxylic acids is 1. The van der Waals surface area contributed by atoms with Crippen LogP contribution in [0.25, 0.3) is 22.5 Å². The topological polar surface area (TPSA) is 75.3 Å². The largest absolute Gasteiger partial charge is 0.508 e. The molecule has 0 saturated heterocycles. The first-order valence-electron chi connectivity index (χ1n) is 10.2. The summed E-state index contributed by atoms with van der Waals surface area (Å²) in [7, 11) is 0. The maximum absolute atomic E-state index is 11.4. The van der Waals surface area contributed by atoms with E-state index >= 15 is 0 Å². The van der Waals surface area contributed by atoms with Crippen LogP contribution in [0.15, 0.2) is 61.2 Å². The van der Waals surface area contributed by atoms with Gasteiger partial charge in [0.1, 0.15) is 5.75 Å². The normalized spacial score (nSPS) is 13.0. The lowest BCUT2D eigenvalue weighted by molar-refractivity contribution is 0.0697. The number of carbonyl (C=O) groups is 1. The minimum Gasteiger partial charge on any atom is -0.508 e. The second kappa shape index (κ2) is 8.57. The summed E-state index contributed by atoms with van der Waals surface area (Å²) in [5, 5.41) is 24.6. The summed E-state index contributed by atoms with van der Waals surface area (Å²) < 4.78 is 1.87. The van der Waals surface area contributed by atoms with Gasteiger partial charge in [-0.05, 0) is 61.6 Å². The monoisotopic (exact) mass is 404 g/mol. The molecule has 0 aliphatic rings. The van der Waals surface area contributed by atoms with E-state index in [-0.39, 0.29) is 16.7 Å². The Morgan fingerprint density at radius 1 is 1.17 bits per heavy atom. The zero-order valence-corrected chi connectivity index (χ0v) is 17.7. The first-order chi connectivity index (χ1) is 14.3. The van der Waals surface area contributed by atoms with E-state index in [1.165, 1.54) is 0 Å². The number of aromatic nitrogens is 2. The van der Waals surface area contributed by atoms with Crippen molar-refractivity contribution in [2.45, 2.75) is 45.6 Å². The van der Waals surface area contributed by atoms with Crippen LogP contribution < -0.4 is 0 Å².